The molecule has 1 heterocycles. The molecule has 24 heavy (non-hydrogen) atoms. The second-order valence-electron chi connectivity index (χ2n) is 5.52. The number of carboxylic acids is 1. The van der Waals surface area contributed by atoms with Crippen LogP contribution in [0, 0.1) is 5.82 Å². The Hall–Kier alpha value is -3.27. The van der Waals surface area contributed by atoms with E-state index in [0.29, 0.717) is 16.6 Å². The number of fused-ring (bicyclic) bond motifs is 3. The smallest absolute Gasteiger partial charge is 0.336 e. The number of halogens is 1. The number of pyridine rings is 1. The minimum Gasteiger partial charge on any atom is -0.478 e. The molecule has 0 atom stereocenters. The second-order valence-corrected chi connectivity index (χ2v) is 5.52. The predicted octanol–water partition coefficient (Wildman–Crippen LogP) is 4.89. The molecule has 3 nitrogen and oxygen atoms in total. The molecule has 116 valence electrons. The summed E-state index contributed by atoms with van der Waals surface area (Å²) in [6.07, 6.45) is 0. The van der Waals surface area contributed by atoms with Crippen molar-refractivity contribution in [2.24, 2.45) is 0 Å². The van der Waals surface area contributed by atoms with E-state index in [9.17, 15) is 14.3 Å². The minimum atomic E-state index is -1.06. The first-order chi connectivity index (χ1) is 11.6. The highest BCUT2D eigenvalue weighted by atomic mass is 19.1. The number of hydrogen-bond donors (Lipinski definition) is 1. The second kappa shape index (κ2) is 5.42. The monoisotopic (exact) mass is 317 g/mol. The van der Waals surface area contributed by atoms with E-state index in [1.54, 1.807) is 24.3 Å². The van der Waals surface area contributed by atoms with E-state index in [1.807, 2.05) is 30.3 Å². The van der Waals surface area contributed by atoms with Gasteiger partial charge in [-0.1, -0.05) is 42.5 Å². The Morgan fingerprint density at radius 2 is 1.71 bits per heavy atom. The summed E-state index contributed by atoms with van der Waals surface area (Å²) in [5.74, 6) is -1.49. The highest BCUT2D eigenvalue weighted by molar-refractivity contribution is 6.15. The van der Waals surface area contributed by atoms with Crippen molar-refractivity contribution in [3.63, 3.8) is 0 Å². The van der Waals surface area contributed by atoms with E-state index in [4.69, 9.17) is 0 Å². The summed E-state index contributed by atoms with van der Waals surface area (Å²) in [7, 11) is 0. The largest absolute Gasteiger partial charge is 0.478 e. The van der Waals surface area contributed by atoms with E-state index >= 15 is 0 Å². The third-order valence-corrected chi connectivity index (χ3v) is 4.08. The molecule has 0 fully saturated rings. The Bertz CT molecular complexity index is 1110. The molecule has 0 radical (unpaired) electrons. The lowest BCUT2D eigenvalue weighted by molar-refractivity contribution is 0.0699. The normalized spacial score (nSPS) is 11.0. The SMILES string of the molecule is O=C(O)c1cc(-c2ccccc2F)nc2ccc3ccccc3c12. The first kappa shape index (κ1) is 14.3. The van der Waals surface area contributed by atoms with Crippen molar-refractivity contribution in [1.82, 2.24) is 4.98 Å². The van der Waals surface area contributed by atoms with Crippen LogP contribution in [0.5, 0.6) is 0 Å². The van der Waals surface area contributed by atoms with Crippen molar-refractivity contribution in [1.29, 1.82) is 0 Å². The van der Waals surface area contributed by atoms with E-state index < -0.39 is 11.8 Å². The highest BCUT2D eigenvalue weighted by Crippen LogP contribution is 2.31. The number of carboxylic acid groups (broad SMARTS) is 1. The van der Waals surface area contributed by atoms with Crippen molar-refractivity contribution in [3.05, 3.63) is 78.1 Å². The van der Waals surface area contributed by atoms with Gasteiger partial charge in [0.05, 0.1) is 16.8 Å². The lowest BCUT2D eigenvalue weighted by atomic mass is 9.98. The summed E-state index contributed by atoms with van der Waals surface area (Å²) >= 11 is 0. The zero-order valence-corrected chi connectivity index (χ0v) is 12.5. The van der Waals surface area contributed by atoms with Crippen LogP contribution in [0.1, 0.15) is 10.4 Å². The summed E-state index contributed by atoms with van der Waals surface area (Å²) in [6.45, 7) is 0. The van der Waals surface area contributed by atoms with Crippen LogP contribution in [0.3, 0.4) is 0 Å². The summed E-state index contributed by atoms with van der Waals surface area (Å²) in [4.78, 5) is 16.3. The van der Waals surface area contributed by atoms with Crippen molar-refractivity contribution >= 4 is 27.6 Å². The molecule has 1 aromatic heterocycles. The molecule has 0 aliphatic rings. The number of aromatic carboxylic acids is 1. The third-order valence-electron chi connectivity index (χ3n) is 4.08. The fourth-order valence-corrected chi connectivity index (χ4v) is 2.98. The molecule has 0 amide bonds. The van der Waals surface area contributed by atoms with Gasteiger partial charge in [-0.25, -0.2) is 14.2 Å². The number of benzene rings is 3. The Morgan fingerprint density at radius 1 is 0.958 bits per heavy atom. The molecule has 0 spiro atoms. The molecule has 0 aliphatic heterocycles. The van der Waals surface area contributed by atoms with Crippen LogP contribution < -0.4 is 0 Å². The van der Waals surface area contributed by atoms with Crippen molar-refractivity contribution in [2.45, 2.75) is 0 Å². The number of aromatic nitrogens is 1. The summed E-state index contributed by atoms with van der Waals surface area (Å²) in [5, 5.41) is 12.0. The molecule has 1 N–H and O–H groups in total. The average molecular weight is 317 g/mol. The minimum absolute atomic E-state index is 0.120. The van der Waals surface area contributed by atoms with E-state index in [2.05, 4.69) is 4.98 Å². The van der Waals surface area contributed by atoms with Gasteiger partial charge in [0.2, 0.25) is 0 Å². The molecule has 0 bridgehead atoms. The van der Waals surface area contributed by atoms with Crippen LogP contribution in [0.2, 0.25) is 0 Å². The van der Waals surface area contributed by atoms with Crippen molar-refractivity contribution < 1.29 is 14.3 Å². The van der Waals surface area contributed by atoms with Crippen LogP contribution in [-0.4, -0.2) is 16.1 Å². The lowest BCUT2D eigenvalue weighted by Crippen LogP contribution is -2.01. The van der Waals surface area contributed by atoms with Gasteiger partial charge < -0.3 is 5.11 Å². The predicted molar refractivity (Wildman–Crippen MR) is 91.6 cm³/mol. The van der Waals surface area contributed by atoms with Crippen LogP contribution in [-0.2, 0) is 0 Å². The van der Waals surface area contributed by atoms with Gasteiger partial charge in [0.15, 0.2) is 0 Å². The maximum Gasteiger partial charge on any atom is 0.336 e. The standard InChI is InChI=1S/C20H12FNO2/c21-16-8-4-3-7-14(16)18-11-15(20(23)24)19-13-6-2-1-5-12(13)9-10-17(19)22-18/h1-11H,(H,23,24). The molecule has 4 heteroatoms. The van der Waals surface area contributed by atoms with Crippen LogP contribution in [0.15, 0.2) is 66.7 Å². The Kier molecular flexibility index (Phi) is 3.24. The van der Waals surface area contributed by atoms with Gasteiger partial charge in [-0.15, -0.1) is 0 Å². The highest BCUT2D eigenvalue weighted by Gasteiger charge is 2.16. The fraction of sp³-hybridized carbons (Fsp3) is 0. The first-order valence-electron chi connectivity index (χ1n) is 7.46. The quantitative estimate of drug-likeness (QED) is 0.535. The van der Waals surface area contributed by atoms with Crippen LogP contribution in [0.4, 0.5) is 4.39 Å². The van der Waals surface area contributed by atoms with Crippen LogP contribution >= 0.6 is 0 Å². The molecule has 0 saturated carbocycles. The van der Waals surface area contributed by atoms with Gasteiger partial charge >= 0.3 is 5.97 Å². The lowest BCUT2D eigenvalue weighted by Gasteiger charge is -2.10. The van der Waals surface area contributed by atoms with Gasteiger partial charge in [0, 0.05) is 10.9 Å². The molecular formula is C20H12FNO2. The number of carbonyl (C=O) groups is 1. The van der Waals surface area contributed by atoms with E-state index in [-0.39, 0.29) is 11.1 Å². The maximum atomic E-state index is 14.1. The summed E-state index contributed by atoms with van der Waals surface area (Å²) < 4.78 is 14.1. The van der Waals surface area contributed by atoms with Gasteiger partial charge in [-0.3, -0.25) is 0 Å². The van der Waals surface area contributed by atoms with Gasteiger partial charge in [0.25, 0.3) is 0 Å². The van der Waals surface area contributed by atoms with Crippen molar-refractivity contribution in [3.8, 4) is 11.3 Å². The Labute approximate surface area is 137 Å². The van der Waals surface area contributed by atoms with Gasteiger partial charge in [-0.05, 0) is 35.0 Å². The summed E-state index contributed by atoms with van der Waals surface area (Å²) in [6, 6.07) is 18.9. The molecule has 4 aromatic rings. The first-order valence-corrected chi connectivity index (χ1v) is 7.46. The average Bonchev–Trinajstić information content (AvgIpc) is 2.61. The van der Waals surface area contributed by atoms with E-state index in [1.165, 1.54) is 12.1 Å². The maximum absolute atomic E-state index is 14.1. The number of hydrogen-bond acceptors (Lipinski definition) is 2. The molecule has 4 rings (SSSR count). The fourth-order valence-electron chi connectivity index (χ4n) is 2.98. The van der Waals surface area contributed by atoms with Gasteiger partial charge in [0.1, 0.15) is 5.82 Å². The molecular weight excluding hydrogens is 305 g/mol. The number of nitrogens with zero attached hydrogens (tertiary/aromatic N) is 1. The molecule has 0 saturated heterocycles. The van der Waals surface area contributed by atoms with E-state index in [0.717, 1.165) is 10.8 Å². The van der Waals surface area contributed by atoms with Crippen molar-refractivity contribution in [2.75, 3.05) is 0 Å². The van der Waals surface area contributed by atoms with Crippen LogP contribution in [0.25, 0.3) is 32.9 Å². The topological polar surface area (TPSA) is 50.2 Å². The zero-order valence-electron chi connectivity index (χ0n) is 12.5. The molecule has 3 aromatic carbocycles. The molecule has 0 aliphatic carbocycles. The summed E-state index contributed by atoms with van der Waals surface area (Å²) in [5.41, 5.74) is 1.25. The molecule has 0 unspecified atom stereocenters. The number of rotatable bonds is 2. The Balaban J connectivity index is 2.13. The van der Waals surface area contributed by atoms with Gasteiger partial charge in [-0.2, -0.15) is 0 Å². The third kappa shape index (κ3) is 2.20. The Morgan fingerprint density at radius 3 is 2.50 bits per heavy atom. The zero-order chi connectivity index (χ0) is 16.7.